The van der Waals surface area contributed by atoms with Crippen molar-refractivity contribution in [2.45, 2.75) is 44.9 Å². The predicted octanol–water partition coefficient (Wildman–Crippen LogP) is 4.46. The number of allylic oxidation sites excluding steroid dienone is 6. The van der Waals surface area contributed by atoms with E-state index in [-0.39, 0.29) is 0 Å². The van der Waals surface area contributed by atoms with Gasteiger partial charge in [0, 0.05) is 6.42 Å². The van der Waals surface area contributed by atoms with Crippen molar-refractivity contribution in [2.24, 2.45) is 29.6 Å². The summed E-state index contributed by atoms with van der Waals surface area (Å²) in [6, 6.07) is 0. The lowest BCUT2D eigenvalue weighted by Crippen LogP contribution is -2.43. The van der Waals surface area contributed by atoms with Crippen LogP contribution in [0.1, 0.15) is 44.9 Å². The Morgan fingerprint density at radius 2 is 2.00 bits per heavy atom. The normalized spacial score (nSPS) is 42.1. The highest BCUT2D eigenvalue weighted by atomic mass is 16.1. The molecule has 0 aliphatic heterocycles. The number of fused-ring (bicyclic) bond motifs is 5. The molecule has 4 rings (SSSR count). The van der Waals surface area contributed by atoms with Crippen LogP contribution in [0.15, 0.2) is 35.5 Å². The van der Waals surface area contributed by atoms with Gasteiger partial charge in [0.2, 0.25) is 0 Å². The zero-order valence-corrected chi connectivity index (χ0v) is 12.1. The van der Waals surface area contributed by atoms with Gasteiger partial charge in [-0.25, -0.2) is 0 Å². The zero-order chi connectivity index (χ0) is 13.5. The van der Waals surface area contributed by atoms with E-state index in [2.05, 4.69) is 24.3 Å². The Kier molecular flexibility index (Phi) is 3.17. The molecule has 20 heavy (non-hydrogen) atoms. The SMILES string of the molecule is O=CCC1CC2C3=CC=CC3=CCC2C2CCCCC12. The van der Waals surface area contributed by atoms with E-state index in [4.69, 9.17) is 0 Å². The molecule has 2 saturated carbocycles. The molecule has 0 aromatic heterocycles. The van der Waals surface area contributed by atoms with Gasteiger partial charge in [-0.15, -0.1) is 0 Å². The van der Waals surface area contributed by atoms with Crippen molar-refractivity contribution >= 4 is 6.29 Å². The minimum Gasteiger partial charge on any atom is -0.303 e. The fourth-order valence-corrected chi connectivity index (χ4v) is 5.61. The maximum atomic E-state index is 11.1. The van der Waals surface area contributed by atoms with Gasteiger partial charge in [0.1, 0.15) is 6.29 Å². The lowest BCUT2D eigenvalue weighted by atomic mass is 9.53. The highest BCUT2D eigenvalue weighted by molar-refractivity contribution is 5.53. The van der Waals surface area contributed by atoms with Crippen LogP contribution in [0.3, 0.4) is 0 Å². The van der Waals surface area contributed by atoms with E-state index >= 15 is 0 Å². The van der Waals surface area contributed by atoms with Crippen LogP contribution in [-0.4, -0.2) is 6.29 Å². The number of carbonyl (C=O) groups is 1. The highest BCUT2D eigenvalue weighted by Gasteiger charge is 2.47. The third kappa shape index (κ3) is 1.86. The molecule has 0 aromatic rings. The van der Waals surface area contributed by atoms with Crippen molar-refractivity contribution in [3.05, 3.63) is 35.5 Å². The summed E-state index contributed by atoms with van der Waals surface area (Å²) < 4.78 is 0. The average Bonchev–Trinajstić information content (AvgIpc) is 2.96. The number of hydrogen-bond donors (Lipinski definition) is 0. The van der Waals surface area contributed by atoms with Crippen molar-refractivity contribution in [1.82, 2.24) is 0 Å². The molecule has 5 unspecified atom stereocenters. The number of carbonyl (C=O) groups excluding carboxylic acids is 1. The van der Waals surface area contributed by atoms with Crippen molar-refractivity contribution in [1.29, 1.82) is 0 Å². The third-order valence-corrected chi connectivity index (χ3v) is 6.40. The van der Waals surface area contributed by atoms with Gasteiger partial charge >= 0.3 is 0 Å². The molecule has 2 fully saturated rings. The standard InChI is InChI=1S/C19H24O/c20-11-10-14-12-19-15-7-3-4-13(15)8-9-18(19)17-6-2-1-5-16(14)17/h3-4,7-8,11,14,16-19H,1-2,5-6,9-10,12H2. The molecule has 0 radical (unpaired) electrons. The van der Waals surface area contributed by atoms with E-state index in [9.17, 15) is 4.79 Å². The Morgan fingerprint density at radius 1 is 1.15 bits per heavy atom. The largest absolute Gasteiger partial charge is 0.303 e. The molecular weight excluding hydrogens is 244 g/mol. The minimum atomic E-state index is 0.653. The molecule has 106 valence electrons. The first kappa shape index (κ1) is 12.6. The van der Waals surface area contributed by atoms with Gasteiger partial charge in [-0.1, -0.05) is 37.1 Å². The van der Waals surface area contributed by atoms with Gasteiger partial charge in [-0.3, -0.25) is 0 Å². The fourth-order valence-electron chi connectivity index (χ4n) is 5.61. The van der Waals surface area contributed by atoms with Gasteiger partial charge in [0.15, 0.2) is 0 Å². The van der Waals surface area contributed by atoms with E-state index < -0.39 is 0 Å². The van der Waals surface area contributed by atoms with E-state index in [0.29, 0.717) is 5.92 Å². The molecule has 0 aromatic carbocycles. The second-order valence-electron chi connectivity index (χ2n) is 7.16. The summed E-state index contributed by atoms with van der Waals surface area (Å²) in [7, 11) is 0. The maximum absolute atomic E-state index is 11.1. The Labute approximate surface area is 121 Å². The quantitative estimate of drug-likeness (QED) is 0.676. The van der Waals surface area contributed by atoms with E-state index in [0.717, 1.165) is 30.1 Å². The molecule has 1 nitrogen and oxygen atoms in total. The molecular formula is C19H24O. The smallest absolute Gasteiger partial charge is 0.120 e. The number of aldehydes is 1. The lowest BCUT2D eigenvalue weighted by Gasteiger charge is -2.51. The van der Waals surface area contributed by atoms with Crippen LogP contribution in [0.2, 0.25) is 0 Å². The Hall–Kier alpha value is -1.11. The van der Waals surface area contributed by atoms with Crippen LogP contribution >= 0.6 is 0 Å². The second-order valence-corrected chi connectivity index (χ2v) is 7.16. The molecule has 4 aliphatic carbocycles. The summed E-state index contributed by atoms with van der Waals surface area (Å²) in [4.78, 5) is 11.1. The van der Waals surface area contributed by atoms with Crippen LogP contribution in [0.4, 0.5) is 0 Å². The molecule has 0 bridgehead atoms. The van der Waals surface area contributed by atoms with Crippen molar-refractivity contribution in [3.63, 3.8) is 0 Å². The molecule has 5 atom stereocenters. The molecule has 0 heterocycles. The Balaban J connectivity index is 1.67. The maximum Gasteiger partial charge on any atom is 0.120 e. The molecule has 4 aliphatic rings. The molecule has 0 saturated heterocycles. The first-order valence-electron chi connectivity index (χ1n) is 8.41. The van der Waals surface area contributed by atoms with Gasteiger partial charge < -0.3 is 4.79 Å². The predicted molar refractivity (Wildman–Crippen MR) is 81.1 cm³/mol. The molecule has 0 spiro atoms. The summed E-state index contributed by atoms with van der Waals surface area (Å²) in [5.41, 5.74) is 3.06. The monoisotopic (exact) mass is 268 g/mol. The van der Waals surface area contributed by atoms with Gasteiger partial charge in [0.25, 0.3) is 0 Å². The summed E-state index contributed by atoms with van der Waals surface area (Å²) in [6.45, 7) is 0. The van der Waals surface area contributed by atoms with Crippen LogP contribution < -0.4 is 0 Å². The average molecular weight is 268 g/mol. The molecule has 0 amide bonds. The van der Waals surface area contributed by atoms with Crippen molar-refractivity contribution in [2.75, 3.05) is 0 Å². The topological polar surface area (TPSA) is 17.1 Å². The Bertz CT molecular complexity index is 496. The van der Waals surface area contributed by atoms with Gasteiger partial charge in [0.05, 0.1) is 0 Å². The van der Waals surface area contributed by atoms with Gasteiger partial charge in [-0.2, -0.15) is 0 Å². The number of hydrogen-bond acceptors (Lipinski definition) is 1. The van der Waals surface area contributed by atoms with Gasteiger partial charge in [-0.05, 0) is 66.4 Å². The summed E-state index contributed by atoms with van der Waals surface area (Å²) >= 11 is 0. The van der Waals surface area contributed by atoms with Crippen LogP contribution in [0, 0.1) is 29.6 Å². The van der Waals surface area contributed by atoms with Crippen LogP contribution in [-0.2, 0) is 4.79 Å². The van der Waals surface area contributed by atoms with E-state index in [1.807, 2.05) is 0 Å². The van der Waals surface area contributed by atoms with Crippen LogP contribution in [0.25, 0.3) is 0 Å². The van der Waals surface area contributed by atoms with Crippen molar-refractivity contribution in [3.8, 4) is 0 Å². The Morgan fingerprint density at radius 3 is 2.85 bits per heavy atom. The van der Waals surface area contributed by atoms with Crippen LogP contribution in [0.5, 0.6) is 0 Å². The first-order chi connectivity index (χ1) is 9.88. The molecule has 0 N–H and O–H groups in total. The second kappa shape index (κ2) is 5.02. The summed E-state index contributed by atoms with van der Waals surface area (Å²) in [5, 5.41) is 0. The summed E-state index contributed by atoms with van der Waals surface area (Å²) in [6.07, 6.45) is 19.4. The first-order valence-corrected chi connectivity index (χ1v) is 8.41. The highest BCUT2D eigenvalue weighted by Crippen LogP contribution is 2.56. The van der Waals surface area contributed by atoms with Crippen molar-refractivity contribution < 1.29 is 4.79 Å². The number of rotatable bonds is 2. The third-order valence-electron chi connectivity index (χ3n) is 6.40. The fraction of sp³-hybridized carbons (Fsp3) is 0.632. The summed E-state index contributed by atoms with van der Waals surface area (Å²) in [5.74, 6) is 3.96. The van der Waals surface area contributed by atoms with E-state index in [1.54, 1.807) is 5.57 Å². The lowest BCUT2D eigenvalue weighted by molar-refractivity contribution is -0.110. The molecule has 1 heteroatoms. The zero-order valence-electron chi connectivity index (χ0n) is 12.1. The minimum absolute atomic E-state index is 0.653. The van der Waals surface area contributed by atoms with E-state index in [1.165, 1.54) is 50.4 Å².